The van der Waals surface area contributed by atoms with Crippen molar-refractivity contribution >= 4 is 0 Å². The van der Waals surface area contributed by atoms with Gasteiger partial charge >= 0.3 is 0 Å². The van der Waals surface area contributed by atoms with Gasteiger partial charge < -0.3 is 5.32 Å². The smallest absolute Gasteiger partial charge is 0.0198 e. The van der Waals surface area contributed by atoms with E-state index < -0.39 is 0 Å². The lowest BCUT2D eigenvalue weighted by Crippen LogP contribution is -2.26. The van der Waals surface area contributed by atoms with E-state index in [-0.39, 0.29) is 0 Å². The van der Waals surface area contributed by atoms with Crippen LogP contribution >= 0.6 is 0 Å². The fourth-order valence-corrected chi connectivity index (χ4v) is 0.302. The lowest BCUT2D eigenvalue weighted by Gasteiger charge is -2.16. The van der Waals surface area contributed by atoms with Crippen molar-refractivity contribution in [2.45, 2.75) is 20.3 Å². The largest absolute Gasteiger partial charge is 0.388 e. The van der Waals surface area contributed by atoms with Gasteiger partial charge in [-0.1, -0.05) is 20.4 Å². The first-order valence-corrected chi connectivity index (χ1v) is 2.81. The van der Waals surface area contributed by atoms with Crippen LogP contribution in [0, 0.1) is 0 Å². The fraction of sp³-hybridized carbons (Fsp3) is 0.667. The molecule has 1 fully saturated rings. The van der Waals surface area contributed by atoms with Gasteiger partial charge in [-0.2, -0.15) is 0 Å². The van der Waals surface area contributed by atoms with E-state index in [1.807, 2.05) is 13.8 Å². The standard InChI is InChI=1S/C4H7N.C2H6/c1-4-2-3-5-4;1-2/h5H,1-3H2;1-2H3. The second-order valence-electron chi connectivity index (χ2n) is 1.28. The van der Waals surface area contributed by atoms with Crippen molar-refractivity contribution in [2.24, 2.45) is 0 Å². The molecule has 0 amide bonds. The minimum absolute atomic E-state index is 1.14. The van der Waals surface area contributed by atoms with Gasteiger partial charge in [0.15, 0.2) is 0 Å². The monoisotopic (exact) mass is 99.1 g/mol. The predicted octanol–water partition coefficient (Wildman–Crippen LogP) is 1.52. The molecule has 1 N–H and O–H groups in total. The van der Waals surface area contributed by atoms with Gasteiger partial charge in [0.2, 0.25) is 0 Å². The molecule has 1 aliphatic rings. The van der Waals surface area contributed by atoms with Crippen LogP contribution < -0.4 is 5.32 Å². The molecule has 0 bridgehead atoms. The Morgan fingerprint density at radius 1 is 1.57 bits per heavy atom. The van der Waals surface area contributed by atoms with Gasteiger partial charge in [-0.15, -0.1) is 0 Å². The average Bonchev–Trinajstić information content (AvgIpc) is 1.68. The second kappa shape index (κ2) is 3.72. The van der Waals surface area contributed by atoms with Gasteiger partial charge in [-0.25, -0.2) is 0 Å². The molecule has 42 valence electrons. The number of hydrogen-bond acceptors (Lipinski definition) is 1. The van der Waals surface area contributed by atoms with Crippen LogP contribution in [0.25, 0.3) is 0 Å². The van der Waals surface area contributed by atoms with Gasteiger partial charge in [0.05, 0.1) is 0 Å². The molecule has 0 spiro atoms. The number of nitrogens with one attached hydrogen (secondary N) is 1. The molecule has 0 radical (unpaired) electrons. The molecular formula is C6H13N. The van der Waals surface area contributed by atoms with Gasteiger partial charge in [-0.05, 0) is 0 Å². The highest BCUT2D eigenvalue weighted by Gasteiger charge is 1.99. The zero-order chi connectivity index (χ0) is 5.70. The molecule has 7 heavy (non-hydrogen) atoms. The average molecular weight is 99.2 g/mol. The summed E-state index contributed by atoms with van der Waals surface area (Å²) < 4.78 is 0. The maximum absolute atomic E-state index is 3.65. The lowest BCUT2D eigenvalue weighted by molar-refractivity contribution is 0.638. The molecule has 1 saturated heterocycles. The third-order valence-corrected chi connectivity index (χ3v) is 0.802. The zero-order valence-corrected chi connectivity index (χ0v) is 5.12. The second-order valence-corrected chi connectivity index (χ2v) is 1.28. The maximum atomic E-state index is 3.65. The van der Waals surface area contributed by atoms with Crippen molar-refractivity contribution in [2.75, 3.05) is 6.54 Å². The van der Waals surface area contributed by atoms with E-state index >= 15 is 0 Å². The third kappa shape index (κ3) is 2.26. The van der Waals surface area contributed by atoms with E-state index in [2.05, 4.69) is 11.9 Å². The van der Waals surface area contributed by atoms with E-state index in [1.165, 1.54) is 12.1 Å². The quantitative estimate of drug-likeness (QED) is 0.485. The molecule has 1 nitrogen and oxygen atoms in total. The Hall–Kier alpha value is -0.460. The van der Waals surface area contributed by atoms with Crippen LogP contribution in [0.1, 0.15) is 20.3 Å². The Morgan fingerprint density at radius 3 is 1.86 bits per heavy atom. The summed E-state index contributed by atoms with van der Waals surface area (Å²) in [5.41, 5.74) is 1.19. The highest BCUT2D eigenvalue weighted by molar-refractivity contribution is 4.99. The highest BCUT2D eigenvalue weighted by atomic mass is 14.9. The number of rotatable bonds is 0. The first kappa shape index (κ1) is 6.54. The Labute approximate surface area is 45.4 Å². The van der Waals surface area contributed by atoms with Crippen LogP contribution in [0.3, 0.4) is 0 Å². The number of hydrogen-bond donors (Lipinski definition) is 1. The van der Waals surface area contributed by atoms with Crippen molar-refractivity contribution in [3.8, 4) is 0 Å². The predicted molar refractivity (Wildman–Crippen MR) is 33.1 cm³/mol. The normalized spacial score (nSPS) is 15.4. The summed E-state index contributed by atoms with van der Waals surface area (Å²) in [6.07, 6.45) is 1.18. The minimum Gasteiger partial charge on any atom is -0.388 e. The zero-order valence-electron chi connectivity index (χ0n) is 5.12. The van der Waals surface area contributed by atoms with Crippen molar-refractivity contribution in [1.82, 2.24) is 5.32 Å². The van der Waals surface area contributed by atoms with E-state index in [0.29, 0.717) is 0 Å². The van der Waals surface area contributed by atoms with Crippen molar-refractivity contribution in [1.29, 1.82) is 0 Å². The van der Waals surface area contributed by atoms with Gasteiger partial charge in [0, 0.05) is 18.7 Å². The molecule has 0 atom stereocenters. The molecule has 1 rings (SSSR count). The maximum Gasteiger partial charge on any atom is 0.0198 e. The Balaban J connectivity index is 0.000000162. The van der Waals surface area contributed by atoms with Gasteiger partial charge in [0.25, 0.3) is 0 Å². The molecule has 0 aromatic rings. The molecule has 1 heteroatoms. The summed E-state index contributed by atoms with van der Waals surface area (Å²) >= 11 is 0. The van der Waals surface area contributed by atoms with Crippen molar-refractivity contribution < 1.29 is 0 Å². The molecule has 0 saturated carbocycles. The SMILES string of the molecule is C=C1CCN1.CC. The van der Waals surface area contributed by atoms with Crippen LogP contribution in [-0.4, -0.2) is 6.54 Å². The van der Waals surface area contributed by atoms with E-state index in [4.69, 9.17) is 0 Å². The van der Waals surface area contributed by atoms with Crippen LogP contribution in [0.15, 0.2) is 12.3 Å². The van der Waals surface area contributed by atoms with Gasteiger partial charge in [-0.3, -0.25) is 0 Å². The topological polar surface area (TPSA) is 12.0 Å². The third-order valence-electron chi connectivity index (χ3n) is 0.802. The van der Waals surface area contributed by atoms with Crippen molar-refractivity contribution in [3.05, 3.63) is 12.3 Å². The summed E-state index contributed by atoms with van der Waals surface area (Å²) in [6, 6.07) is 0. The summed E-state index contributed by atoms with van der Waals surface area (Å²) in [5, 5.41) is 3.01. The van der Waals surface area contributed by atoms with Crippen molar-refractivity contribution in [3.63, 3.8) is 0 Å². The molecular weight excluding hydrogens is 86.1 g/mol. The van der Waals surface area contributed by atoms with Crippen LogP contribution in [0.4, 0.5) is 0 Å². The van der Waals surface area contributed by atoms with E-state index in [0.717, 1.165) is 6.54 Å². The summed E-state index contributed by atoms with van der Waals surface area (Å²) in [4.78, 5) is 0. The molecule has 1 heterocycles. The van der Waals surface area contributed by atoms with Crippen LogP contribution in [0.2, 0.25) is 0 Å². The summed E-state index contributed by atoms with van der Waals surface area (Å²) in [5.74, 6) is 0. The first-order chi connectivity index (χ1) is 3.39. The molecule has 0 aromatic heterocycles. The Kier molecular flexibility index (Phi) is 3.48. The summed E-state index contributed by atoms with van der Waals surface area (Å²) in [7, 11) is 0. The Morgan fingerprint density at radius 2 is 1.86 bits per heavy atom. The highest BCUT2D eigenvalue weighted by Crippen LogP contribution is 1.99. The lowest BCUT2D eigenvalue weighted by atomic mass is 10.2. The molecule has 0 aliphatic carbocycles. The first-order valence-electron chi connectivity index (χ1n) is 2.81. The van der Waals surface area contributed by atoms with Gasteiger partial charge in [0.1, 0.15) is 0 Å². The molecule has 1 aliphatic heterocycles. The fourth-order valence-electron chi connectivity index (χ4n) is 0.302. The van der Waals surface area contributed by atoms with Crippen LogP contribution in [0.5, 0.6) is 0 Å². The minimum atomic E-state index is 1.14. The summed E-state index contributed by atoms with van der Waals surface area (Å²) in [6.45, 7) is 8.79. The Bertz CT molecular complexity index is 51.2. The van der Waals surface area contributed by atoms with E-state index in [1.54, 1.807) is 0 Å². The molecule has 0 aromatic carbocycles. The molecule has 0 unspecified atom stereocenters. The van der Waals surface area contributed by atoms with E-state index in [9.17, 15) is 0 Å². The van der Waals surface area contributed by atoms with Crippen LogP contribution in [-0.2, 0) is 0 Å².